The summed E-state index contributed by atoms with van der Waals surface area (Å²) in [7, 11) is 1.60. The Morgan fingerprint density at radius 3 is 2.29 bits per heavy atom. The molecule has 1 heterocycles. The first kappa shape index (κ1) is 20.6. The van der Waals surface area contributed by atoms with Gasteiger partial charge in [-0.1, -0.05) is 40.2 Å². The molecule has 0 bridgehead atoms. The Kier molecular flexibility index (Phi) is 6.24. The minimum atomic E-state index is -0.178. The quantitative estimate of drug-likeness (QED) is 0.372. The summed E-state index contributed by atoms with van der Waals surface area (Å²) in [6, 6.07) is 22.2. The number of hydrogen-bond donors (Lipinski definition) is 1. The Labute approximate surface area is 188 Å². The second-order valence-electron chi connectivity index (χ2n) is 6.58. The molecule has 6 nitrogen and oxygen atoms in total. The van der Waals surface area contributed by atoms with Gasteiger partial charge in [-0.2, -0.15) is 0 Å². The summed E-state index contributed by atoms with van der Waals surface area (Å²) < 4.78 is 11.8. The zero-order valence-corrected chi connectivity index (χ0v) is 18.2. The van der Waals surface area contributed by atoms with Gasteiger partial charge in [0.25, 0.3) is 5.91 Å². The molecule has 4 aromatic rings. The predicted molar refractivity (Wildman–Crippen MR) is 123 cm³/mol. The Hall–Kier alpha value is -3.71. The van der Waals surface area contributed by atoms with E-state index in [0.29, 0.717) is 17.1 Å². The summed E-state index contributed by atoms with van der Waals surface area (Å²) >= 11 is 3.40. The maximum Gasteiger partial charge on any atom is 0.321 e. The molecule has 0 unspecified atom stereocenters. The highest BCUT2D eigenvalue weighted by Gasteiger charge is 2.08. The third-order valence-corrected chi connectivity index (χ3v) is 4.93. The van der Waals surface area contributed by atoms with Gasteiger partial charge in [0.15, 0.2) is 0 Å². The lowest BCUT2D eigenvalue weighted by Crippen LogP contribution is -2.11. The maximum atomic E-state index is 12.5. The second kappa shape index (κ2) is 9.40. The molecule has 0 saturated heterocycles. The molecule has 4 rings (SSSR count). The Morgan fingerprint density at radius 1 is 0.871 bits per heavy atom. The zero-order valence-electron chi connectivity index (χ0n) is 16.6. The first-order valence-corrected chi connectivity index (χ1v) is 10.2. The van der Waals surface area contributed by atoms with Crippen molar-refractivity contribution in [2.24, 2.45) is 0 Å². The number of carbonyl (C=O) groups is 1. The number of methoxy groups -OCH3 is 1. The number of halogens is 1. The topological polar surface area (TPSA) is 73.3 Å². The molecule has 0 radical (unpaired) electrons. The number of nitrogens with one attached hydrogen (secondary N) is 1. The highest BCUT2D eigenvalue weighted by atomic mass is 79.9. The average Bonchev–Trinajstić information content (AvgIpc) is 2.80. The molecule has 154 valence electrons. The number of amides is 1. The minimum absolute atomic E-state index is 0.178. The van der Waals surface area contributed by atoms with Crippen LogP contribution in [0.25, 0.3) is 11.1 Å². The molecule has 0 atom stereocenters. The average molecular weight is 476 g/mol. The van der Waals surface area contributed by atoms with Crippen LogP contribution in [0.3, 0.4) is 0 Å². The summed E-state index contributed by atoms with van der Waals surface area (Å²) in [5.74, 6) is 1.11. The molecule has 0 saturated carbocycles. The molecule has 0 aliphatic carbocycles. The van der Waals surface area contributed by atoms with Gasteiger partial charge in [-0.05, 0) is 48.0 Å². The van der Waals surface area contributed by atoms with E-state index >= 15 is 0 Å². The highest BCUT2D eigenvalue weighted by molar-refractivity contribution is 9.10. The zero-order chi connectivity index (χ0) is 21.6. The molecule has 3 aromatic carbocycles. The molecule has 7 heteroatoms. The van der Waals surface area contributed by atoms with Crippen molar-refractivity contribution in [2.75, 3.05) is 12.4 Å². The fourth-order valence-corrected chi connectivity index (χ4v) is 3.27. The van der Waals surface area contributed by atoms with Crippen LogP contribution in [0, 0.1) is 0 Å². The molecule has 1 amide bonds. The molecular formula is C24H18BrN3O3. The summed E-state index contributed by atoms with van der Waals surface area (Å²) in [5, 5.41) is 2.88. The SMILES string of the molecule is COc1cccc(Oc2ncc(-c3ccc(C(=O)Nc4cccc(Br)c4)cc3)cn2)c1. The van der Waals surface area contributed by atoms with Crippen LogP contribution in [0.5, 0.6) is 17.5 Å². The first-order chi connectivity index (χ1) is 15.1. The van der Waals surface area contributed by atoms with Gasteiger partial charge in [0, 0.05) is 39.7 Å². The van der Waals surface area contributed by atoms with Gasteiger partial charge in [-0.15, -0.1) is 0 Å². The highest BCUT2D eigenvalue weighted by Crippen LogP contribution is 2.25. The number of aromatic nitrogens is 2. The number of carbonyl (C=O) groups excluding carboxylic acids is 1. The summed E-state index contributed by atoms with van der Waals surface area (Å²) in [5.41, 5.74) is 3.00. The van der Waals surface area contributed by atoms with Crippen LogP contribution in [0.4, 0.5) is 5.69 Å². The monoisotopic (exact) mass is 475 g/mol. The summed E-state index contributed by atoms with van der Waals surface area (Å²) in [6.45, 7) is 0. The predicted octanol–water partition coefficient (Wildman–Crippen LogP) is 5.96. The lowest BCUT2D eigenvalue weighted by Gasteiger charge is -2.08. The normalized spacial score (nSPS) is 10.4. The smallest absolute Gasteiger partial charge is 0.321 e. The molecule has 1 N–H and O–H groups in total. The number of ether oxygens (including phenoxy) is 2. The Morgan fingerprint density at radius 2 is 1.58 bits per heavy atom. The summed E-state index contributed by atoms with van der Waals surface area (Å²) in [4.78, 5) is 21.0. The lowest BCUT2D eigenvalue weighted by molar-refractivity contribution is 0.102. The fourth-order valence-electron chi connectivity index (χ4n) is 2.87. The maximum absolute atomic E-state index is 12.5. The number of nitrogens with zero attached hydrogens (tertiary/aromatic N) is 2. The van der Waals surface area contributed by atoms with Gasteiger partial charge >= 0.3 is 6.01 Å². The lowest BCUT2D eigenvalue weighted by atomic mass is 10.1. The van der Waals surface area contributed by atoms with E-state index in [1.165, 1.54) is 0 Å². The van der Waals surface area contributed by atoms with Gasteiger partial charge in [0.05, 0.1) is 7.11 Å². The van der Waals surface area contributed by atoms with Crippen LogP contribution in [0.2, 0.25) is 0 Å². The molecule has 0 spiro atoms. The van der Waals surface area contributed by atoms with E-state index in [1.807, 2.05) is 48.5 Å². The number of hydrogen-bond acceptors (Lipinski definition) is 5. The fraction of sp³-hybridized carbons (Fsp3) is 0.0417. The van der Waals surface area contributed by atoms with Gasteiger partial charge in [0.2, 0.25) is 0 Å². The van der Waals surface area contributed by atoms with Crippen molar-refractivity contribution in [3.63, 3.8) is 0 Å². The van der Waals surface area contributed by atoms with Crippen LogP contribution in [-0.2, 0) is 0 Å². The molecule has 0 fully saturated rings. The third kappa shape index (κ3) is 5.26. The van der Waals surface area contributed by atoms with Crippen LogP contribution >= 0.6 is 15.9 Å². The van der Waals surface area contributed by atoms with E-state index < -0.39 is 0 Å². The van der Waals surface area contributed by atoms with Crippen molar-refractivity contribution >= 4 is 27.5 Å². The van der Waals surface area contributed by atoms with E-state index in [2.05, 4.69) is 31.2 Å². The molecular weight excluding hydrogens is 458 g/mol. The van der Waals surface area contributed by atoms with Crippen molar-refractivity contribution in [3.05, 3.63) is 95.2 Å². The van der Waals surface area contributed by atoms with Crippen LogP contribution < -0.4 is 14.8 Å². The Bertz CT molecular complexity index is 1200. The van der Waals surface area contributed by atoms with Crippen LogP contribution in [-0.4, -0.2) is 23.0 Å². The van der Waals surface area contributed by atoms with E-state index in [-0.39, 0.29) is 11.9 Å². The number of anilines is 1. The van der Waals surface area contributed by atoms with Gasteiger partial charge in [-0.3, -0.25) is 4.79 Å². The van der Waals surface area contributed by atoms with Crippen molar-refractivity contribution in [2.45, 2.75) is 0 Å². The van der Waals surface area contributed by atoms with Crippen LogP contribution in [0.1, 0.15) is 10.4 Å². The standard InChI is InChI=1S/C24H18BrN3O3/c1-30-21-6-3-7-22(13-21)31-24-26-14-18(15-27-24)16-8-10-17(11-9-16)23(29)28-20-5-2-4-19(25)12-20/h2-15H,1H3,(H,28,29). The summed E-state index contributed by atoms with van der Waals surface area (Å²) in [6.07, 6.45) is 3.36. The van der Waals surface area contributed by atoms with E-state index in [4.69, 9.17) is 9.47 Å². The minimum Gasteiger partial charge on any atom is -0.497 e. The third-order valence-electron chi connectivity index (χ3n) is 4.44. The van der Waals surface area contributed by atoms with Gasteiger partial charge in [0.1, 0.15) is 11.5 Å². The van der Waals surface area contributed by atoms with Crippen LogP contribution in [0.15, 0.2) is 89.7 Å². The number of benzene rings is 3. The van der Waals surface area contributed by atoms with E-state index in [1.54, 1.807) is 43.8 Å². The first-order valence-electron chi connectivity index (χ1n) is 9.42. The second-order valence-corrected chi connectivity index (χ2v) is 7.49. The van der Waals surface area contributed by atoms with Crippen molar-refractivity contribution < 1.29 is 14.3 Å². The van der Waals surface area contributed by atoms with E-state index in [0.717, 1.165) is 21.3 Å². The van der Waals surface area contributed by atoms with Crippen molar-refractivity contribution in [1.82, 2.24) is 9.97 Å². The van der Waals surface area contributed by atoms with E-state index in [9.17, 15) is 4.79 Å². The van der Waals surface area contributed by atoms with Crippen molar-refractivity contribution in [3.8, 4) is 28.6 Å². The number of rotatable bonds is 6. The van der Waals surface area contributed by atoms with Crippen molar-refractivity contribution in [1.29, 1.82) is 0 Å². The Balaban J connectivity index is 1.43. The largest absolute Gasteiger partial charge is 0.497 e. The van der Waals surface area contributed by atoms with Gasteiger partial charge < -0.3 is 14.8 Å². The van der Waals surface area contributed by atoms with Gasteiger partial charge in [-0.25, -0.2) is 9.97 Å². The molecule has 0 aliphatic rings. The molecule has 0 aliphatic heterocycles. The molecule has 1 aromatic heterocycles. The molecule has 31 heavy (non-hydrogen) atoms.